The summed E-state index contributed by atoms with van der Waals surface area (Å²) in [4.78, 5) is 19.2. The number of carbonyl (C=O) groups is 1. The number of benzene rings is 2. The highest BCUT2D eigenvalue weighted by molar-refractivity contribution is 7.17. The van der Waals surface area contributed by atoms with Gasteiger partial charge in [-0.25, -0.2) is 0 Å². The smallest absolute Gasteiger partial charge is 0.261 e. The molecule has 6 rings (SSSR count). The topological polar surface area (TPSA) is 86.5 Å². The Bertz CT molecular complexity index is 1300. The fourth-order valence-electron chi connectivity index (χ4n) is 4.32. The molecule has 8 heteroatoms. The predicted octanol–water partition coefficient (Wildman–Crippen LogP) is 5.06. The van der Waals surface area contributed by atoms with Crippen molar-refractivity contribution in [2.24, 2.45) is 0 Å². The fourth-order valence-corrected chi connectivity index (χ4v) is 5.50. The van der Waals surface area contributed by atoms with Gasteiger partial charge in [-0.3, -0.25) is 4.79 Å². The first-order valence-corrected chi connectivity index (χ1v) is 11.2. The number of amides is 1. The summed E-state index contributed by atoms with van der Waals surface area (Å²) in [6.07, 6.45) is 0.738. The first-order chi connectivity index (χ1) is 15.7. The Hall–Kier alpha value is -3.49. The van der Waals surface area contributed by atoms with Gasteiger partial charge in [0.2, 0.25) is 5.91 Å². The van der Waals surface area contributed by atoms with Gasteiger partial charge < -0.3 is 19.3 Å². The van der Waals surface area contributed by atoms with E-state index in [4.69, 9.17) is 14.0 Å². The molecule has 1 amide bonds. The lowest BCUT2D eigenvalue weighted by Crippen LogP contribution is -2.25. The number of hydrogen-bond donors (Lipinski definition) is 1. The number of ether oxygens (including phenoxy) is 2. The number of hydrogen-bond acceptors (Lipinski definition) is 7. The van der Waals surface area contributed by atoms with Crippen LogP contribution in [0.15, 0.2) is 53.1 Å². The monoisotopic (exact) mass is 445 g/mol. The summed E-state index contributed by atoms with van der Waals surface area (Å²) in [6.45, 7) is 2.92. The average molecular weight is 446 g/mol. The Morgan fingerprint density at radius 1 is 1.09 bits per heavy atom. The molecule has 160 valence electrons. The Balaban J connectivity index is 1.43. The second kappa shape index (κ2) is 7.58. The van der Waals surface area contributed by atoms with Crippen molar-refractivity contribution in [3.63, 3.8) is 0 Å². The second-order valence-corrected chi connectivity index (χ2v) is 8.86. The van der Waals surface area contributed by atoms with Crippen molar-refractivity contribution in [2.75, 3.05) is 11.9 Å². The molecule has 1 N–H and O–H groups in total. The van der Waals surface area contributed by atoms with Crippen LogP contribution in [0.2, 0.25) is 0 Å². The zero-order valence-corrected chi connectivity index (χ0v) is 18.1. The van der Waals surface area contributed by atoms with E-state index in [1.165, 1.54) is 11.3 Å². The van der Waals surface area contributed by atoms with E-state index in [0.717, 1.165) is 33.6 Å². The minimum Gasteiger partial charge on any atom is -0.457 e. The molecule has 32 heavy (non-hydrogen) atoms. The number of nitrogens with zero attached hydrogens (tertiary/aromatic N) is 2. The molecule has 0 radical (unpaired) electrons. The summed E-state index contributed by atoms with van der Waals surface area (Å²) in [5.41, 5.74) is 3.58. The van der Waals surface area contributed by atoms with Crippen molar-refractivity contribution >= 4 is 22.2 Å². The molecule has 7 nitrogen and oxygen atoms in total. The first kappa shape index (κ1) is 19.2. The normalized spacial score (nSPS) is 14.8. The van der Waals surface area contributed by atoms with Crippen molar-refractivity contribution in [3.8, 4) is 23.0 Å². The van der Waals surface area contributed by atoms with E-state index < -0.39 is 5.92 Å². The molecule has 4 heterocycles. The van der Waals surface area contributed by atoms with Crippen LogP contribution < -0.4 is 10.1 Å². The van der Waals surface area contributed by atoms with E-state index in [2.05, 4.69) is 15.5 Å². The van der Waals surface area contributed by atoms with Gasteiger partial charge in [0.15, 0.2) is 5.82 Å². The van der Waals surface area contributed by atoms with E-state index >= 15 is 0 Å². The largest absolute Gasteiger partial charge is 0.457 e. The molecule has 0 saturated heterocycles. The fraction of sp³-hybridized carbons (Fsp3) is 0.208. The molecule has 0 unspecified atom stereocenters. The van der Waals surface area contributed by atoms with Crippen LogP contribution in [0.1, 0.15) is 33.3 Å². The predicted molar refractivity (Wildman–Crippen MR) is 119 cm³/mol. The average Bonchev–Trinajstić information content (AvgIpc) is 3.39. The molecule has 0 fully saturated rings. The summed E-state index contributed by atoms with van der Waals surface area (Å²) in [7, 11) is 0. The zero-order chi connectivity index (χ0) is 21.7. The van der Waals surface area contributed by atoms with Gasteiger partial charge in [-0.05, 0) is 31.0 Å². The van der Waals surface area contributed by atoms with Gasteiger partial charge in [-0.15, -0.1) is 11.3 Å². The molecule has 0 saturated carbocycles. The van der Waals surface area contributed by atoms with E-state index in [0.29, 0.717) is 41.4 Å². The number of carbonyl (C=O) groups excluding carboxylic acids is 1. The molecule has 0 atom stereocenters. The summed E-state index contributed by atoms with van der Waals surface area (Å²) in [5.74, 6) is 1.73. The molecular formula is C24H19N3O4S. The highest BCUT2D eigenvalue weighted by Gasteiger charge is 2.34. The molecule has 2 aliphatic rings. The van der Waals surface area contributed by atoms with Crippen LogP contribution in [0.5, 0.6) is 11.5 Å². The third-order valence-electron chi connectivity index (χ3n) is 5.74. The lowest BCUT2D eigenvalue weighted by Gasteiger charge is -2.27. The quantitative estimate of drug-likeness (QED) is 0.475. The first-order valence-electron chi connectivity index (χ1n) is 10.4. The minimum atomic E-state index is -0.496. The molecule has 0 spiro atoms. The van der Waals surface area contributed by atoms with E-state index in [-0.39, 0.29) is 5.91 Å². The summed E-state index contributed by atoms with van der Waals surface area (Å²) >= 11 is 1.51. The van der Waals surface area contributed by atoms with E-state index in [1.54, 1.807) is 6.92 Å². The van der Waals surface area contributed by atoms with Gasteiger partial charge >= 0.3 is 0 Å². The molecule has 4 aromatic rings. The van der Waals surface area contributed by atoms with Gasteiger partial charge in [0, 0.05) is 16.0 Å². The summed E-state index contributed by atoms with van der Waals surface area (Å²) in [6, 6.07) is 15.3. The van der Waals surface area contributed by atoms with Gasteiger partial charge in [-0.2, -0.15) is 4.98 Å². The second-order valence-electron chi connectivity index (χ2n) is 7.76. The van der Waals surface area contributed by atoms with Crippen molar-refractivity contribution in [2.45, 2.75) is 25.9 Å². The van der Waals surface area contributed by atoms with E-state index in [1.807, 2.05) is 48.5 Å². The molecule has 0 aliphatic carbocycles. The number of fused-ring (bicyclic) bond motifs is 3. The highest BCUT2D eigenvalue weighted by atomic mass is 32.1. The summed E-state index contributed by atoms with van der Waals surface area (Å²) in [5, 5.41) is 7.82. The lowest BCUT2D eigenvalue weighted by atomic mass is 9.87. The number of aryl methyl sites for hydroxylation is 1. The third kappa shape index (κ3) is 3.11. The van der Waals surface area contributed by atoms with Crippen molar-refractivity contribution < 1.29 is 18.8 Å². The number of anilines is 1. The Morgan fingerprint density at radius 3 is 2.50 bits per heavy atom. The maximum Gasteiger partial charge on any atom is 0.261 e. The van der Waals surface area contributed by atoms with Gasteiger partial charge in [0.1, 0.15) is 16.5 Å². The Labute approximate surface area is 188 Å². The molecule has 0 bridgehead atoms. The summed E-state index contributed by atoms with van der Waals surface area (Å²) < 4.78 is 17.2. The zero-order valence-electron chi connectivity index (χ0n) is 17.3. The highest BCUT2D eigenvalue weighted by Crippen LogP contribution is 2.46. The Kier molecular flexibility index (Phi) is 4.55. The van der Waals surface area contributed by atoms with Gasteiger partial charge in [0.25, 0.3) is 5.89 Å². The molecular weight excluding hydrogens is 426 g/mol. The number of nitrogens with one attached hydrogen (secondary N) is 1. The van der Waals surface area contributed by atoms with Crippen molar-refractivity contribution in [1.29, 1.82) is 0 Å². The lowest BCUT2D eigenvalue weighted by molar-refractivity contribution is -0.116. The molecule has 2 aromatic carbocycles. The van der Waals surface area contributed by atoms with Gasteiger partial charge in [0.05, 0.1) is 24.7 Å². The molecule has 2 aliphatic heterocycles. The van der Waals surface area contributed by atoms with Gasteiger partial charge in [-0.1, -0.05) is 41.6 Å². The van der Waals surface area contributed by atoms with Crippen LogP contribution in [0.25, 0.3) is 11.5 Å². The SMILES string of the molecule is Cc1noc(-c2c(NC(=O)C3c4ccccc4Oc4ccccc43)sc3c2CCOC3)n1. The van der Waals surface area contributed by atoms with Crippen LogP contribution >= 0.6 is 11.3 Å². The standard InChI is InChI=1S/C24H19N3O4S/c1-13-25-23(31-27-13)21-16-10-11-29-12-19(16)32-24(21)26-22(28)20-14-6-2-4-8-17(14)30-18-9-5-3-7-15(18)20/h2-9,20H,10-12H2,1H3,(H,26,28). The van der Waals surface area contributed by atoms with Crippen LogP contribution in [0.4, 0.5) is 5.00 Å². The molecule has 2 aromatic heterocycles. The van der Waals surface area contributed by atoms with Crippen LogP contribution in [-0.2, 0) is 22.6 Å². The minimum absolute atomic E-state index is 0.134. The van der Waals surface area contributed by atoms with Crippen LogP contribution in [0, 0.1) is 6.92 Å². The van der Waals surface area contributed by atoms with E-state index in [9.17, 15) is 4.79 Å². The maximum absolute atomic E-state index is 13.7. The number of thiophene rings is 1. The van der Waals surface area contributed by atoms with Crippen LogP contribution in [-0.4, -0.2) is 22.7 Å². The number of rotatable bonds is 3. The maximum atomic E-state index is 13.7. The number of aromatic nitrogens is 2. The van der Waals surface area contributed by atoms with Crippen LogP contribution in [0.3, 0.4) is 0 Å². The number of para-hydroxylation sites is 2. The van der Waals surface area contributed by atoms with Crippen molar-refractivity contribution in [1.82, 2.24) is 10.1 Å². The Morgan fingerprint density at radius 2 is 1.81 bits per heavy atom. The third-order valence-corrected chi connectivity index (χ3v) is 6.86. The van der Waals surface area contributed by atoms with Crippen molar-refractivity contribution in [3.05, 3.63) is 75.9 Å².